The maximum Gasteiger partial charge on any atom is 0.280 e. The van der Waals surface area contributed by atoms with Gasteiger partial charge in [0, 0.05) is 15.4 Å². The van der Waals surface area contributed by atoms with E-state index >= 15 is 0 Å². The zero-order valence-electron chi connectivity index (χ0n) is 21.3. The van der Waals surface area contributed by atoms with Crippen LogP contribution in [0.2, 0.25) is 0 Å². The highest BCUT2D eigenvalue weighted by molar-refractivity contribution is 7.26. The van der Waals surface area contributed by atoms with Crippen LogP contribution in [-0.4, -0.2) is 93.3 Å². The van der Waals surface area contributed by atoms with Crippen LogP contribution in [0.1, 0.15) is 12.5 Å². The summed E-state index contributed by atoms with van der Waals surface area (Å²) < 4.78 is 31.3. The molecule has 0 amide bonds. The second-order valence-electron chi connectivity index (χ2n) is 9.44. The number of nitrogens with one attached hydrogen (secondary N) is 2. The lowest BCUT2D eigenvalue weighted by atomic mass is 9.99. The Bertz CT molecular complexity index is 1680. The maximum atomic E-state index is 12.1. The molecule has 2 aliphatic rings. The number of ether oxygens (including phenoxy) is 2. The fraction of sp³-hybridized carbons (Fsp3) is 0.500. The van der Waals surface area contributed by atoms with E-state index in [1.54, 1.807) is 0 Å². The molecule has 0 saturated carbocycles. The number of H-pyrrole nitrogens is 2. The van der Waals surface area contributed by atoms with Gasteiger partial charge in [0.25, 0.3) is 11.1 Å². The first kappa shape index (κ1) is 29.1. The number of nitrogens with two attached hydrogens (primary N) is 2. The largest absolute Gasteiger partial charge is 0.388 e. The lowest BCUT2D eigenvalue weighted by molar-refractivity contribution is -0.295. The number of anilines is 1. The molecule has 6 rings (SSSR count). The van der Waals surface area contributed by atoms with Gasteiger partial charge in [-0.05, 0) is 0 Å². The molecule has 22 heteroatoms. The predicted octanol–water partition coefficient (Wildman–Crippen LogP) is -1.90. The number of aromatic nitrogens is 8. The van der Waals surface area contributed by atoms with Gasteiger partial charge >= 0.3 is 0 Å². The van der Waals surface area contributed by atoms with Crippen LogP contribution in [0.15, 0.2) is 28.6 Å². The minimum Gasteiger partial charge on any atom is -0.388 e. The van der Waals surface area contributed by atoms with E-state index in [1.165, 1.54) is 28.1 Å². The summed E-state index contributed by atoms with van der Waals surface area (Å²) in [6.45, 7) is 0.101. The number of hydrogen-bond acceptors (Lipinski definition) is 16. The molecule has 4 aromatic heterocycles. The number of aromatic amines is 2. The molecule has 42 heavy (non-hydrogen) atoms. The van der Waals surface area contributed by atoms with Crippen LogP contribution in [0, 0.1) is 5.92 Å². The Balaban J connectivity index is 1.11. The SMILES string of the molecule is Nc1nc2c(ncn2[C@@H]2OC(OPOC[C@H]3[C@@H](O)[C@H](n4cnc5c(=O)[nH]cnc54)O[C@@H]3COP)[C@@H](N)[C@H]2OO)c(=O)[nH]1. The highest BCUT2D eigenvalue weighted by Crippen LogP contribution is 2.39. The van der Waals surface area contributed by atoms with Crippen LogP contribution < -0.4 is 22.6 Å². The van der Waals surface area contributed by atoms with Gasteiger partial charge in [0.1, 0.15) is 6.10 Å². The van der Waals surface area contributed by atoms with Crippen molar-refractivity contribution in [2.45, 2.75) is 43.1 Å². The average Bonchev–Trinajstić information content (AvgIpc) is 3.72. The number of aliphatic hydroxyl groups is 1. The van der Waals surface area contributed by atoms with Gasteiger partial charge in [-0.25, -0.2) is 19.8 Å². The Morgan fingerprint density at radius 1 is 1.07 bits per heavy atom. The zero-order chi connectivity index (χ0) is 29.5. The molecule has 6 heterocycles. The summed E-state index contributed by atoms with van der Waals surface area (Å²) in [4.78, 5) is 49.9. The summed E-state index contributed by atoms with van der Waals surface area (Å²) >= 11 is 0. The normalized spacial score (nSPS) is 30.0. The van der Waals surface area contributed by atoms with Gasteiger partial charge in [-0.15, -0.1) is 0 Å². The molecule has 10 atom stereocenters. The summed E-state index contributed by atoms with van der Waals surface area (Å²) in [5.74, 6) is -0.713. The third-order valence-electron chi connectivity index (χ3n) is 7.02. The standard InChI is InChI=1S/C20H26N10O10P2/c21-8-12(39-34)18(30-5-26-10-14(30)27-20(22)28-16(10)33)38-19(8)40-42-36-1-6-7(2-35-41)37-17(11(6)31)29-4-25-9-13(29)23-3-24-15(9)32/h3-8,11-12,17-19,31,34,42H,1-2,21,41H2,(H,23,24,32)(H3,22,27,28,33)/t6-,7-,8+,11-,12-,17-,18-,19?/m1/s1. The lowest BCUT2D eigenvalue weighted by Gasteiger charge is -2.21. The Kier molecular flexibility index (Phi) is 8.27. The van der Waals surface area contributed by atoms with Crippen molar-refractivity contribution in [2.75, 3.05) is 18.9 Å². The van der Waals surface area contributed by atoms with E-state index in [9.17, 15) is 20.0 Å². The number of hydrogen-bond donors (Lipinski definition) is 6. The predicted molar refractivity (Wildman–Crippen MR) is 145 cm³/mol. The molecule has 0 spiro atoms. The molecule has 0 radical (unpaired) electrons. The van der Waals surface area contributed by atoms with Crippen molar-refractivity contribution in [3.05, 3.63) is 39.7 Å². The first-order valence-electron chi connectivity index (χ1n) is 12.3. The fourth-order valence-electron chi connectivity index (χ4n) is 4.98. The molecule has 2 saturated heterocycles. The van der Waals surface area contributed by atoms with Crippen LogP contribution in [-0.2, 0) is 27.9 Å². The molecule has 226 valence electrons. The van der Waals surface area contributed by atoms with Crippen LogP contribution >= 0.6 is 18.5 Å². The van der Waals surface area contributed by atoms with Crippen LogP contribution in [0.5, 0.6) is 0 Å². The number of fused-ring (bicyclic) bond motifs is 2. The van der Waals surface area contributed by atoms with Gasteiger partial charge in [0.15, 0.2) is 56.2 Å². The molecule has 8 N–H and O–H groups in total. The molecule has 0 aromatic carbocycles. The third kappa shape index (κ3) is 5.10. The van der Waals surface area contributed by atoms with Gasteiger partial charge in [-0.3, -0.25) is 29.0 Å². The summed E-state index contributed by atoms with van der Waals surface area (Å²) in [7, 11) is 1.51. The Labute approximate surface area is 237 Å². The zero-order valence-corrected chi connectivity index (χ0v) is 23.5. The van der Waals surface area contributed by atoms with E-state index in [1.807, 2.05) is 0 Å². The van der Waals surface area contributed by atoms with Crippen LogP contribution in [0.3, 0.4) is 0 Å². The van der Waals surface area contributed by atoms with Crippen molar-refractivity contribution in [3.8, 4) is 0 Å². The maximum absolute atomic E-state index is 12.1. The van der Waals surface area contributed by atoms with E-state index in [4.69, 9.17) is 34.5 Å². The van der Waals surface area contributed by atoms with Crippen molar-refractivity contribution in [1.82, 2.24) is 39.0 Å². The van der Waals surface area contributed by atoms with E-state index < -0.39 is 69.2 Å². The molecule has 2 fully saturated rings. The highest BCUT2D eigenvalue weighted by Gasteiger charge is 2.48. The minimum atomic E-state index is -1.13. The minimum absolute atomic E-state index is 0.00133. The lowest BCUT2D eigenvalue weighted by Crippen LogP contribution is -2.41. The van der Waals surface area contributed by atoms with Gasteiger partial charge in [0.2, 0.25) is 5.95 Å². The number of rotatable bonds is 10. The van der Waals surface area contributed by atoms with Crippen molar-refractivity contribution in [3.63, 3.8) is 0 Å². The van der Waals surface area contributed by atoms with Crippen LogP contribution in [0.25, 0.3) is 22.3 Å². The summed E-state index contributed by atoms with van der Waals surface area (Å²) in [5.41, 5.74) is 11.3. The third-order valence-corrected chi connectivity index (χ3v) is 7.82. The Morgan fingerprint density at radius 2 is 1.81 bits per heavy atom. The average molecular weight is 628 g/mol. The molecule has 2 aliphatic heterocycles. The first-order chi connectivity index (χ1) is 20.3. The number of nitrogens with zero attached hydrogens (tertiary/aromatic N) is 6. The molecule has 20 nitrogen and oxygen atoms in total. The molecule has 3 unspecified atom stereocenters. The van der Waals surface area contributed by atoms with Crippen LogP contribution in [0.4, 0.5) is 5.95 Å². The number of nitrogen functional groups attached to an aromatic ring is 1. The van der Waals surface area contributed by atoms with Gasteiger partial charge in [-0.2, -0.15) is 4.98 Å². The molecular formula is C20H26N10O10P2. The van der Waals surface area contributed by atoms with E-state index in [0.29, 0.717) is 0 Å². The second-order valence-corrected chi connectivity index (χ2v) is 10.5. The molecule has 0 aliphatic carbocycles. The summed E-state index contributed by atoms with van der Waals surface area (Å²) in [6, 6.07) is -0.985. The first-order valence-corrected chi connectivity index (χ1v) is 13.6. The van der Waals surface area contributed by atoms with Gasteiger partial charge < -0.3 is 44.6 Å². The van der Waals surface area contributed by atoms with E-state index in [-0.39, 0.29) is 41.5 Å². The van der Waals surface area contributed by atoms with Crippen molar-refractivity contribution >= 4 is 46.8 Å². The molecular weight excluding hydrogens is 602 g/mol. The van der Waals surface area contributed by atoms with Crippen molar-refractivity contribution in [2.24, 2.45) is 11.7 Å². The number of imidazole rings is 2. The quantitative estimate of drug-likeness (QED) is 0.0484. The summed E-state index contributed by atoms with van der Waals surface area (Å²) in [5, 5.41) is 20.7. The van der Waals surface area contributed by atoms with E-state index in [2.05, 4.69) is 44.3 Å². The fourth-order valence-corrected chi connectivity index (χ4v) is 5.80. The number of aliphatic hydroxyl groups excluding tert-OH is 1. The smallest absolute Gasteiger partial charge is 0.280 e. The van der Waals surface area contributed by atoms with Gasteiger partial charge in [-0.1, -0.05) is 0 Å². The van der Waals surface area contributed by atoms with Crippen molar-refractivity contribution in [1.29, 1.82) is 0 Å². The second kappa shape index (κ2) is 11.9. The van der Waals surface area contributed by atoms with Crippen molar-refractivity contribution < 1.29 is 38.3 Å². The topological polar surface area (TPSA) is 275 Å². The van der Waals surface area contributed by atoms with E-state index in [0.717, 1.165) is 0 Å². The monoisotopic (exact) mass is 628 g/mol. The molecule has 0 bridgehead atoms. The summed E-state index contributed by atoms with van der Waals surface area (Å²) in [6.07, 6.45) is -2.01. The highest BCUT2D eigenvalue weighted by atomic mass is 31.1. The van der Waals surface area contributed by atoms with Gasteiger partial charge in [0.05, 0.1) is 44.3 Å². The Hall–Kier alpha value is -3.00. The Morgan fingerprint density at radius 3 is 2.55 bits per heavy atom. The molecule has 4 aromatic rings.